The van der Waals surface area contributed by atoms with Crippen molar-refractivity contribution in [3.05, 3.63) is 22.7 Å². The van der Waals surface area contributed by atoms with Gasteiger partial charge in [0.05, 0.1) is 10.4 Å². The third kappa shape index (κ3) is 2.42. The molecule has 2 heterocycles. The van der Waals surface area contributed by atoms with Gasteiger partial charge in [-0.15, -0.1) is 11.8 Å². The van der Waals surface area contributed by atoms with Crippen molar-refractivity contribution in [1.82, 2.24) is 5.32 Å². The van der Waals surface area contributed by atoms with Crippen molar-refractivity contribution < 1.29 is 9.47 Å². The van der Waals surface area contributed by atoms with Crippen molar-refractivity contribution in [2.24, 2.45) is 5.92 Å². The van der Waals surface area contributed by atoms with E-state index in [-0.39, 0.29) is 0 Å². The minimum absolute atomic E-state index is 0.300. The average molecular weight is 286 g/mol. The second-order valence-corrected chi connectivity index (χ2v) is 6.30. The topological polar surface area (TPSA) is 30.5 Å². The molecule has 1 aromatic rings. The Hall–Kier alpha value is -0.580. The highest BCUT2D eigenvalue weighted by molar-refractivity contribution is 7.99. The first-order valence-electron chi connectivity index (χ1n) is 6.18. The zero-order valence-electron chi connectivity index (χ0n) is 10.2. The summed E-state index contributed by atoms with van der Waals surface area (Å²) >= 11 is 8.17. The van der Waals surface area contributed by atoms with Gasteiger partial charge in [-0.05, 0) is 35.9 Å². The second kappa shape index (κ2) is 5.19. The SMILES string of the molecule is CC1CNC(c2cc(Cl)c3c(c2)OCCO3)SC1. The van der Waals surface area contributed by atoms with Gasteiger partial charge in [-0.25, -0.2) is 0 Å². The fourth-order valence-corrected chi connectivity index (χ4v) is 3.64. The van der Waals surface area contributed by atoms with Crippen LogP contribution in [-0.4, -0.2) is 25.5 Å². The summed E-state index contributed by atoms with van der Waals surface area (Å²) in [6.07, 6.45) is 0. The van der Waals surface area contributed by atoms with Gasteiger partial charge in [-0.2, -0.15) is 0 Å². The first-order chi connectivity index (χ1) is 8.74. The van der Waals surface area contributed by atoms with E-state index in [0.717, 1.165) is 18.2 Å². The Bertz CT molecular complexity index is 447. The van der Waals surface area contributed by atoms with Crippen LogP contribution in [0, 0.1) is 5.92 Å². The highest BCUT2D eigenvalue weighted by atomic mass is 35.5. The number of halogens is 1. The van der Waals surface area contributed by atoms with Crippen LogP contribution in [0.25, 0.3) is 0 Å². The molecule has 0 spiro atoms. The van der Waals surface area contributed by atoms with Crippen LogP contribution in [-0.2, 0) is 0 Å². The molecule has 2 aliphatic heterocycles. The summed E-state index contributed by atoms with van der Waals surface area (Å²) in [6, 6.07) is 4.02. The van der Waals surface area contributed by atoms with Gasteiger partial charge >= 0.3 is 0 Å². The lowest BCUT2D eigenvalue weighted by atomic mass is 10.1. The molecule has 1 saturated heterocycles. The van der Waals surface area contributed by atoms with E-state index in [1.165, 1.54) is 11.3 Å². The Morgan fingerprint density at radius 3 is 2.94 bits per heavy atom. The number of thioether (sulfide) groups is 1. The Morgan fingerprint density at radius 2 is 2.17 bits per heavy atom. The van der Waals surface area contributed by atoms with Gasteiger partial charge < -0.3 is 14.8 Å². The largest absolute Gasteiger partial charge is 0.486 e. The molecule has 2 unspecified atom stereocenters. The number of nitrogens with one attached hydrogen (secondary N) is 1. The zero-order valence-corrected chi connectivity index (χ0v) is 11.8. The van der Waals surface area contributed by atoms with E-state index in [0.29, 0.717) is 29.4 Å². The molecule has 0 bridgehead atoms. The molecule has 0 radical (unpaired) electrons. The molecule has 1 aromatic carbocycles. The van der Waals surface area contributed by atoms with E-state index in [2.05, 4.69) is 12.2 Å². The Morgan fingerprint density at radius 1 is 1.33 bits per heavy atom. The first kappa shape index (κ1) is 12.5. The Balaban J connectivity index is 1.86. The van der Waals surface area contributed by atoms with Gasteiger partial charge in [-0.1, -0.05) is 18.5 Å². The van der Waals surface area contributed by atoms with Gasteiger partial charge in [0.15, 0.2) is 11.5 Å². The average Bonchev–Trinajstić information content (AvgIpc) is 2.39. The molecule has 0 aromatic heterocycles. The maximum Gasteiger partial charge on any atom is 0.179 e. The number of rotatable bonds is 1. The van der Waals surface area contributed by atoms with E-state index < -0.39 is 0 Å². The van der Waals surface area contributed by atoms with Gasteiger partial charge in [0.25, 0.3) is 0 Å². The fourth-order valence-electron chi connectivity index (χ4n) is 2.18. The summed E-state index contributed by atoms with van der Waals surface area (Å²) in [6.45, 7) is 4.46. The molecule has 5 heteroatoms. The molecule has 0 saturated carbocycles. The van der Waals surface area contributed by atoms with Gasteiger partial charge in [0.1, 0.15) is 13.2 Å². The lowest BCUT2D eigenvalue weighted by Crippen LogP contribution is -2.31. The van der Waals surface area contributed by atoms with Crippen LogP contribution in [0.2, 0.25) is 5.02 Å². The smallest absolute Gasteiger partial charge is 0.179 e. The number of ether oxygens (including phenoxy) is 2. The summed E-state index contributed by atoms with van der Waals surface area (Å²) in [5.74, 6) is 3.34. The van der Waals surface area contributed by atoms with Gasteiger partial charge in [0, 0.05) is 0 Å². The number of benzene rings is 1. The van der Waals surface area contributed by atoms with Crippen LogP contribution in [0.5, 0.6) is 11.5 Å². The van der Waals surface area contributed by atoms with E-state index in [1.807, 2.05) is 23.9 Å². The van der Waals surface area contributed by atoms with Crippen molar-refractivity contribution in [2.45, 2.75) is 12.3 Å². The minimum Gasteiger partial charge on any atom is -0.486 e. The minimum atomic E-state index is 0.300. The standard InChI is InChI=1S/C13H16ClNO2S/c1-8-6-15-13(18-7-8)9-4-10(14)12-11(5-9)16-2-3-17-12/h4-5,8,13,15H,2-3,6-7H2,1H3. The van der Waals surface area contributed by atoms with Crippen molar-refractivity contribution >= 4 is 23.4 Å². The van der Waals surface area contributed by atoms with E-state index in [4.69, 9.17) is 21.1 Å². The summed E-state index contributed by atoms with van der Waals surface area (Å²) in [5.41, 5.74) is 1.17. The van der Waals surface area contributed by atoms with Crippen molar-refractivity contribution in [2.75, 3.05) is 25.5 Å². The predicted molar refractivity (Wildman–Crippen MR) is 74.8 cm³/mol. The maximum atomic E-state index is 6.25. The quantitative estimate of drug-likeness (QED) is 0.859. The summed E-state index contributed by atoms with van der Waals surface area (Å²) < 4.78 is 11.1. The van der Waals surface area contributed by atoms with Crippen LogP contribution in [0.15, 0.2) is 12.1 Å². The summed E-state index contributed by atoms with van der Waals surface area (Å²) in [4.78, 5) is 0. The second-order valence-electron chi connectivity index (χ2n) is 4.75. The molecule has 2 atom stereocenters. The van der Waals surface area contributed by atoms with Crippen LogP contribution >= 0.6 is 23.4 Å². The summed E-state index contributed by atoms with van der Waals surface area (Å²) in [7, 11) is 0. The molecule has 0 aliphatic carbocycles. The highest BCUT2D eigenvalue weighted by Gasteiger charge is 2.23. The number of fused-ring (bicyclic) bond motifs is 1. The van der Waals surface area contributed by atoms with E-state index >= 15 is 0 Å². The molecule has 1 fully saturated rings. The fraction of sp³-hybridized carbons (Fsp3) is 0.538. The Kier molecular flexibility index (Phi) is 3.59. The van der Waals surface area contributed by atoms with Gasteiger partial charge in [-0.3, -0.25) is 0 Å². The number of hydrogen-bond donors (Lipinski definition) is 1. The molecule has 1 N–H and O–H groups in total. The number of hydrogen-bond acceptors (Lipinski definition) is 4. The van der Waals surface area contributed by atoms with Crippen LogP contribution in [0.3, 0.4) is 0 Å². The molecule has 2 aliphatic rings. The van der Waals surface area contributed by atoms with Crippen LogP contribution in [0.1, 0.15) is 17.9 Å². The van der Waals surface area contributed by atoms with Gasteiger partial charge in [0.2, 0.25) is 0 Å². The zero-order chi connectivity index (χ0) is 12.5. The van der Waals surface area contributed by atoms with Crippen molar-refractivity contribution in [3.8, 4) is 11.5 Å². The molecule has 3 nitrogen and oxygen atoms in total. The van der Waals surface area contributed by atoms with Crippen LogP contribution < -0.4 is 14.8 Å². The van der Waals surface area contributed by atoms with Crippen LogP contribution in [0.4, 0.5) is 0 Å². The normalized spacial score (nSPS) is 27.0. The maximum absolute atomic E-state index is 6.25. The molecular formula is C13H16ClNO2S. The summed E-state index contributed by atoms with van der Waals surface area (Å²) in [5, 5.41) is 4.47. The first-order valence-corrected chi connectivity index (χ1v) is 7.61. The third-order valence-electron chi connectivity index (χ3n) is 3.12. The molecule has 0 amide bonds. The predicted octanol–water partition coefficient (Wildman–Crippen LogP) is 3.08. The Labute approximate surface area is 116 Å². The lowest BCUT2D eigenvalue weighted by molar-refractivity contribution is 0.171. The van der Waals surface area contributed by atoms with Crippen molar-refractivity contribution in [1.29, 1.82) is 0 Å². The highest BCUT2D eigenvalue weighted by Crippen LogP contribution is 2.42. The van der Waals surface area contributed by atoms with Crippen molar-refractivity contribution in [3.63, 3.8) is 0 Å². The molecule has 3 rings (SSSR count). The third-order valence-corrected chi connectivity index (χ3v) is 4.94. The molecular weight excluding hydrogens is 270 g/mol. The molecule has 18 heavy (non-hydrogen) atoms. The van der Waals surface area contributed by atoms with E-state index in [9.17, 15) is 0 Å². The van der Waals surface area contributed by atoms with E-state index in [1.54, 1.807) is 0 Å². The lowest BCUT2D eigenvalue weighted by Gasteiger charge is -2.29. The monoisotopic (exact) mass is 285 g/mol. The molecule has 98 valence electrons.